The second-order valence-electron chi connectivity index (χ2n) is 10.9. The van der Waals surface area contributed by atoms with Crippen LogP contribution in [0, 0.1) is 5.92 Å². The third-order valence-corrected chi connectivity index (χ3v) is 9.77. The fraction of sp³-hybridized carbons (Fsp3) is 0.667. The maximum absolute atomic E-state index is 13.4. The zero-order valence-electron chi connectivity index (χ0n) is 23.2. The fourth-order valence-corrected chi connectivity index (χ4v) is 7.02. The van der Waals surface area contributed by atoms with Crippen LogP contribution in [0.3, 0.4) is 0 Å². The Morgan fingerprint density at radius 3 is 2.54 bits per heavy atom. The first-order chi connectivity index (χ1) is 19.6. The number of amides is 3. The van der Waals surface area contributed by atoms with Gasteiger partial charge in [-0.05, 0) is 50.7 Å². The minimum atomic E-state index is -3.58. The van der Waals surface area contributed by atoms with Gasteiger partial charge in [0.15, 0.2) is 0 Å². The molecule has 13 nitrogen and oxygen atoms in total. The van der Waals surface area contributed by atoms with E-state index >= 15 is 0 Å². The van der Waals surface area contributed by atoms with Crippen LogP contribution in [0.1, 0.15) is 63.5 Å². The molecule has 226 valence electrons. The number of nitrogens with one attached hydrogen (secondary N) is 2. The molecule has 0 unspecified atom stereocenters. The lowest BCUT2D eigenvalue weighted by Crippen LogP contribution is -2.52. The van der Waals surface area contributed by atoms with Crippen LogP contribution < -0.4 is 10.0 Å². The summed E-state index contributed by atoms with van der Waals surface area (Å²) >= 11 is 0. The monoisotopic (exact) mass is 593 g/mol. The highest BCUT2D eigenvalue weighted by molar-refractivity contribution is 7.90. The van der Waals surface area contributed by atoms with Crippen molar-refractivity contribution in [2.75, 3.05) is 32.8 Å². The van der Waals surface area contributed by atoms with Crippen molar-refractivity contribution in [1.29, 1.82) is 0 Å². The lowest BCUT2D eigenvalue weighted by atomic mass is 9.93. The van der Waals surface area contributed by atoms with Crippen LogP contribution in [0.25, 0.3) is 0 Å². The predicted molar refractivity (Wildman–Crippen MR) is 147 cm³/mol. The summed E-state index contributed by atoms with van der Waals surface area (Å²) in [5, 5.41) is 10.8. The van der Waals surface area contributed by atoms with Gasteiger partial charge in [-0.1, -0.05) is 6.07 Å². The van der Waals surface area contributed by atoms with Crippen molar-refractivity contribution in [2.45, 2.75) is 75.2 Å². The van der Waals surface area contributed by atoms with E-state index in [1.165, 1.54) is 0 Å². The number of carboxylic acids is 1. The molecule has 3 heterocycles. The summed E-state index contributed by atoms with van der Waals surface area (Å²) < 4.78 is 33.1. The molecule has 41 heavy (non-hydrogen) atoms. The molecular formula is C27H39N5O8S. The van der Waals surface area contributed by atoms with Crippen LogP contribution in [0.5, 0.6) is 0 Å². The maximum Gasteiger partial charge on any atom is 0.305 e. The van der Waals surface area contributed by atoms with Gasteiger partial charge < -0.3 is 25.0 Å². The first-order valence-electron chi connectivity index (χ1n) is 14.2. The molecule has 1 aliphatic carbocycles. The predicted octanol–water partition coefficient (Wildman–Crippen LogP) is 0.430. The number of sulfonamides is 1. The lowest BCUT2D eigenvalue weighted by Gasteiger charge is -2.34. The molecule has 3 N–H and O–H groups in total. The van der Waals surface area contributed by atoms with Crippen molar-refractivity contribution >= 4 is 33.7 Å². The molecule has 3 fully saturated rings. The summed E-state index contributed by atoms with van der Waals surface area (Å²) in [4.78, 5) is 57.4. The third-order valence-electron chi connectivity index (χ3n) is 7.82. The Balaban J connectivity index is 1.24. The lowest BCUT2D eigenvalue weighted by molar-refractivity contribution is -0.138. The molecule has 0 bridgehead atoms. The number of hydrogen-bond donors (Lipinski definition) is 3. The molecule has 0 spiro atoms. The fourth-order valence-electron chi connectivity index (χ4n) is 5.53. The maximum atomic E-state index is 13.4. The van der Waals surface area contributed by atoms with E-state index in [1.807, 2.05) is 6.07 Å². The summed E-state index contributed by atoms with van der Waals surface area (Å²) in [6.45, 7) is 2.62. The number of ether oxygens (including phenoxy) is 1. The molecule has 2 saturated heterocycles. The Morgan fingerprint density at radius 1 is 1.17 bits per heavy atom. The number of carbonyl (C=O) groups is 4. The van der Waals surface area contributed by atoms with Gasteiger partial charge in [-0.25, -0.2) is 13.1 Å². The normalized spacial score (nSPS) is 22.5. The highest BCUT2D eigenvalue weighted by Crippen LogP contribution is 2.44. The number of aromatic nitrogens is 1. The zero-order valence-corrected chi connectivity index (χ0v) is 24.1. The molecule has 4 rings (SSSR count). The summed E-state index contributed by atoms with van der Waals surface area (Å²) in [7, 11) is -3.58. The first-order valence-corrected chi connectivity index (χ1v) is 15.7. The Kier molecular flexibility index (Phi) is 10.3. The molecule has 0 radical (unpaired) electrons. The Bertz CT molecular complexity index is 1200. The molecule has 0 aromatic carbocycles. The van der Waals surface area contributed by atoms with Gasteiger partial charge in [0.2, 0.25) is 27.7 Å². The molecule has 1 aromatic rings. The zero-order chi connectivity index (χ0) is 29.6. The minimum Gasteiger partial charge on any atom is -0.481 e. The number of pyridine rings is 1. The second-order valence-corrected chi connectivity index (χ2v) is 12.9. The number of rotatable bonds is 14. The van der Waals surface area contributed by atoms with E-state index in [0.29, 0.717) is 6.42 Å². The molecular weight excluding hydrogens is 554 g/mol. The largest absolute Gasteiger partial charge is 0.481 e. The molecule has 14 heteroatoms. The SMILES string of the molecule is C[C@@H](NC(=O)[C@H]1CC(=O)N(C2CC2)[C@@H]1c1cccnc1)C(=O)N1CCC(S(=O)(=O)NCCCOCCC(=O)O)CC1. The van der Waals surface area contributed by atoms with Crippen molar-refractivity contribution in [2.24, 2.45) is 5.92 Å². The molecule has 2 aliphatic heterocycles. The van der Waals surface area contributed by atoms with E-state index < -0.39 is 39.2 Å². The smallest absolute Gasteiger partial charge is 0.305 e. The topological polar surface area (TPSA) is 175 Å². The van der Waals surface area contributed by atoms with Gasteiger partial charge in [-0.3, -0.25) is 24.2 Å². The van der Waals surface area contributed by atoms with Crippen LogP contribution in [0.15, 0.2) is 24.5 Å². The molecule has 3 amide bonds. The minimum absolute atomic E-state index is 0.0666. The van der Waals surface area contributed by atoms with E-state index in [1.54, 1.807) is 35.2 Å². The average molecular weight is 594 g/mol. The first kappa shape index (κ1) is 30.8. The van der Waals surface area contributed by atoms with Gasteiger partial charge in [-0.15, -0.1) is 0 Å². The van der Waals surface area contributed by atoms with Crippen LogP contribution in [0.4, 0.5) is 0 Å². The number of piperidine rings is 1. The van der Waals surface area contributed by atoms with Gasteiger partial charge in [0.1, 0.15) is 6.04 Å². The van der Waals surface area contributed by atoms with Gasteiger partial charge in [-0.2, -0.15) is 0 Å². The van der Waals surface area contributed by atoms with E-state index in [0.717, 1.165) is 18.4 Å². The second kappa shape index (κ2) is 13.7. The number of likely N-dealkylation sites (tertiary alicyclic amines) is 2. The van der Waals surface area contributed by atoms with Crippen LogP contribution in [0.2, 0.25) is 0 Å². The number of hydrogen-bond acceptors (Lipinski definition) is 8. The number of carboxylic acid groups (broad SMARTS) is 1. The summed E-state index contributed by atoms with van der Waals surface area (Å²) in [6.07, 6.45) is 6.08. The summed E-state index contributed by atoms with van der Waals surface area (Å²) in [6, 6.07) is 2.53. The third kappa shape index (κ3) is 8.01. The van der Waals surface area contributed by atoms with E-state index in [9.17, 15) is 27.6 Å². The average Bonchev–Trinajstić information content (AvgIpc) is 3.73. The Morgan fingerprint density at radius 2 is 1.90 bits per heavy atom. The number of nitrogens with zero attached hydrogens (tertiary/aromatic N) is 3. The van der Waals surface area contributed by atoms with E-state index in [2.05, 4.69) is 15.0 Å². The van der Waals surface area contributed by atoms with Gasteiger partial charge in [0.05, 0.1) is 30.2 Å². The summed E-state index contributed by atoms with van der Waals surface area (Å²) in [5.41, 5.74) is 0.798. The van der Waals surface area contributed by atoms with E-state index in [-0.39, 0.29) is 82.3 Å². The van der Waals surface area contributed by atoms with Gasteiger partial charge in [0.25, 0.3) is 0 Å². The van der Waals surface area contributed by atoms with Crippen LogP contribution >= 0.6 is 0 Å². The molecule has 1 saturated carbocycles. The van der Waals surface area contributed by atoms with Gasteiger partial charge >= 0.3 is 5.97 Å². The van der Waals surface area contributed by atoms with Crippen molar-refractivity contribution in [3.05, 3.63) is 30.1 Å². The highest BCUT2D eigenvalue weighted by Gasteiger charge is 2.50. The summed E-state index contributed by atoms with van der Waals surface area (Å²) in [5.74, 6) is -2.30. The molecule has 3 aliphatic rings. The molecule has 1 aromatic heterocycles. The standard InChI is InChI=1S/C27H39N5O8S/c1-18(30-26(36)22-16-23(33)32(20-5-6-20)25(22)19-4-2-10-28-17-19)27(37)31-12-7-21(8-13-31)41(38,39)29-11-3-14-40-15-9-24(34)35/h2,4,10,17-18,20-22,25,29H,3,5-9,11-16H2,1H3,(H,30,36)(H,34,35)/t18-,22+,25-/m1/s1. The Hall–Kier alpha value is -3.10. The molecule has 3 atom stereocenters. The number of carbonyl (C=O) groups excluding carboxylic acids is 3. The van der Waals surface area contributed by atoms with Crippen LogP contribution in [-0.2, 0) is 33.9 Å². The van der Waals surface area contributed by atoms with Crippen LogP contribution in [-0.4, -0.2) is 102 Å². The van der Waals surface area contributed by atoms with Crippen molar-refractivity contribution < 1.29 is 37.4 Å². The Labute approximate surface area is 240 Å². The quantitative estimate of drug-likeness (QED) is 0.258. The van der Waals surface area contributed by atoms with E-state index in [4.69, 9.17) is 9.84 Å². The highest BCUT2D eigenvalue weighted by atomic mass is 32.2. The van der Waals surface area contributed by atoms with Crippen molar-refractivity contribution in [1.82, 2.24) is 24.8 Å². The van der Waals surface area contributed by atoms with Crippen molar-refractivity contribution in [3.8, 4) is 0 Å². The number of aliphatic carboxylic acids is 1. The van der Waals surface area contributed by atoms with Gasteiger partial charge in [0, 0.05) is 51.1 Å². The van der Waals surface area contributed by atoms with Crippen molar-refractivity contribution in [3.63, 3.8) is 0 Å².